The van der Waals surface area contributed by atoms with E-state index in [0.717, 1.165) is 11.3 Å². The highest BCUT2D eigenvalue weighted by Gasteiger charge is 2.31. The zero-order valence-corrected chi connectivity index (χ0v) is 13.2. The fourth-order valence-electron chi connectivity index (χ4n) is 2.47. The van der Waals surface area contributed by atoms with Gasteiger partial charge >= 0.3 is 0 Å². The number of aryl methyl sites for hydroxylation is 2. The Bertz CT molecular complexity index is 668. The summed E-state index contributed by atoms with van der Waals surface area (Å²) in [5.74, 6) is 0.607. The molecule has 1 saturated heterocycles. The SMILES string of the molecule is Cc1ccc(CC(=O)N[C@H]2COC[C@H]2Oc2cnn(C)c2)cn1. The smallest absolute Gasteiger partial charge is 0.224 e. The highest BCUT2D eigenvalue weighted by molar-refractivity contribution is 5.78. The van der Waals surface area contributed by atoms with Crippen LogP contribution in [0.2, 0.25) is 0 Å². The van der Waals surface area contributed by atoms with Crippen molar-refractivity contribution in [1.82, 2.24) is 20.1 Å². The van der Waals surface area contributed by atoms with Gasteiger partial charge in [0, 0.05) is 18.9 Å². The van der Waals surface area contributed by atoms with E-state index in [1.807, 2.05) is 26.1 Å². The van der Waals surface area contributed by atoms with Crippen LogP contribution in [0.15, 0.2) is 30.7 Å². The van der Waals surface area contributed by atoms with Gasteiger partial charge in [0.05, 0.1) is 38.1 Å². The van der Waals surface area contributed by atoms with E-state index in [9.17, 15) is 4.79 Å². The quantitative estimate of drug-likeness (QED) is 0.875. The van der Waals surface area contributed by atoms with Gasteiger partial charge < -0.3 is 14.8 Å². The van der Waals surface area contributed by atoms with E-state index in [0.29, 0.717) is 25.4 Å². The van der Waals surface area contributed by atoms with Crippen LogP contribution in [0.4, 0.5) is 0 Å². The summed E-state index contributed by atoms with van der Waals surface area (Å²) in [6.45, 7) is 2.81. The van der Waals surface area contributed by atoms with Crippen LogP contribution in [0, 0.1) is 6.92 Å². The number of hydrogen-bond acceptors (Lipinski definition) is 5. The maximum atomic E-state index is 12.2. The summed E-state index contributed by atoms with van der Waals surface area (Å²) >= 11 is 0. The molecular formula is C16H20N4O3. The second-order valence-electron chi connectivity index (χ2n) is 5.70. The van der Waals surface area contributed by atoms with Crippen molar-refractivity contribution in [2.75, 3.05) is 13.2 Å². The Kier molecular flexibility index (Phi) is 4.57. The Balaban J connectivity index is 1.55. The number of rotatable bonds is 5. The third-order valence-corrected chi connectivity index (χ3v) is 3.68. The van der Waals surface area contributed by atoms with Gasteiger partial charge in [0.1, 0.15) is 6.10 Å². The largest absolute Gasteiger partial charge is 0.482 e. The van der Waals surface area contributed by atoms with Crippen LogP contribution in [0.3, 0.4) is 0 Å². The molecule has 122 valence electrons. The minimum Gasteiger partial charge on any atom is -0.482 e. The Morgan fingerprint density at radius 3 is 3.00 bits per heavy atom. The number of carbonyl (C=O) groups excluding carboxylic acids is 1. The van der Waals surface area contributed by atoms with E-state index in [1.54, 1.807) is 23.3 Å². The monoisotopic (exact) mass is 316 g/mol. The average Bonchev–Trinajstić information content (AvgIpc) is 3.11. The molecule has 0 aromatic carbocycles. The van der Waals surface area contributed by atoms with Crippen molar-refractivity contribution in [2.24, 2.45) is 7.05 Å². The summed E-state index contributed by atoms with van der Waals surface area (Å²) in [5.41, 5.74) is 1.82. The van der Waals surface area contributed by atoms with Gasteiger partial charge in [-0.2, -0.15) is 5.10 Å². The summed E-state index contributed by atoms with van der Waals surface area (Å²) in [6, 6.07) is 3.65. The van der Waals surface area contributed by atoms with Crippen LogP contribution in [0.5, 0.6) is 5.75 Å². The first-order valence-corrected chi connectivity index (χ1v) is 7.54. The number of carbonyl (C=O) groups is 1. The highest BCUT2D eigenvalue weighted by atomic mass is 16.5. The molecule has 0 unspecified atom stereocenters. The second-order valence-corrected chi connectivity index (χ2v) is 5.70. The lowest BCUT2D eigenvalue weighted by Crippen LogP contribution is -2.45. The van der Waals surface area contributed by atoms with Gasteiger partial charge in [-0.25, -0.2) is 0 Å². The molecule has 1 fully saturated rings. The van der Waals surface area contributed by atoms with Crippen molar-refractivity contribution >= 4 is 5.91 Å². The standard InChI is InChI=1S/C16H20N4O3/c1-11-3-4-12(6-17-11)5-16(21)19-14-9-22-10-15(14)23-13-7-18-20(2)8-13/h3-4,6-8,14-15H,5,9-10H2,1-2H3,(H,19,21)/t14-,15+/m0/s1. The van der Waals surface area contributed by atoms with Crippen molar-refractivity contribution < 1.29 is 14.3 Å². The predicted molar refractivity (Wildman–Crippen MR) is 83.1 cm³/mol. The Morgan fingerprint density at radius 2 is 2.30 bits per heavy atom. The van der Waals surface area contributed by atoms with Crippen molar-refractivity contribution in [3.8, 4) is 5.75 Å². The van der Waals surface area contributed by atoms with E-state index in [2.05, 4.69) is 15.4 Å². The van der Waals surface area contributed by atoms with Crippen LogP contribution in [0.1, 0.15) is 11.3 Å². The Morgan fingerprint density at radius 1 is 1.43 bits per heavy atom. The van der Waals surface area contributed by atoms with Crippen molar-refractivity contribution in [3.63, 3.8) is 0 Å². The molecule has 3 rings (SSSR count). The molecule has 3 heterocycles. The molecule has 23 heavy (non-hydrogen) atoms. The van der Waals surface area contributed by atoms with Crippen molar-refractivity contribution in [1.29, 1.82) is 0 Å². The van der Waals surface area contributed by atoms with Crippen LogP contribution in [0.25, 0.3) is 0 Å². The fraction of sp³-hybridized carbons (Fsp3) is 0.438. The highest BCUT2D eigenvalue weighted by Crippen LogP contribution is 2.16. The Hall–Kier alpha value is -2.41. The minimum atomic E-state index is -0.209. The molecule has 0 radical (unpaired) electrons. The zero-order chi connectivity index (χ0) is 16.2. The maximum absolute atomic E-state index is 12.2. The number of hydrogen-bond donors (Lipinski definition) is 1. The minimum absolute atomic E-state index is 0.0639. The molecule has 2 aromatic rings. The molecule has 0 spiro atoms. The van der Waals surface area contributed by atoms with Crippen LogP contribution in [-0.2, 0) is 23.0 Å². The molecule has 0 saturated carbocycles. The molecule has 1 N–H and O–H groups in total. The molecule has 0 bridgehead atoms. The number of pyridine rings is 1. The summed E-state index contributed by atoms with van der Waals surface area (Å²) < 4.78 is 12.9. The number of aromatic nitrogens is 3. The molecule has 1 aliphatic rings. The second kappa shape index (κ2) is 6.78. The lowest BCUT2D eigenvalue weighted by molar-refractivity contribution is -0.121. The van der Waals surface area contributed by atoms with Gasteiger partial charge in [-0.1, -0.05) is 6.07 Å². The molecule has 7 heteroatoms. The summed E-state index contributed by atoms with van der Waals surface area (Å²) in [7, 11) is 1.83. The van der Waals surface area contributed by atoms with Gasteiger partial charge in [0.25, 0.3) is 0 Å². The first kappa shape index (κ1) is 15.5. The maximum Gasteiger partial charge on any atom is 0.224 e. The third-order valence-electron chi connectivity index (χ3n) is 3.68. The molecule has 0 aliphatic carbocycles. The lowest BCUT2D eigenvalue weighted by atomic mass is 10.1. The van der Waals surface area contributed by atoms with Gasteiger partial charge in [-0.05, 0) is 18.6 Å². The normalized spacial score (nSPS) is 20.4. The molecule has 2 atom stereocenters. The first-order valence-electron chi connectivity index (χ1n) is 7.54. The molecule has 1 amide bonds. The topological polar surface area (TPSA) is 78.3 Å². The van der Waals surface area contributed by atoms with Gasteiger partial charge in [0.2, 0.25) is 5.91 Å². The summed E-state index contributed by atoms with van der Waals surface area (Å²) in [5, 5.41) is 7.04. The van der Waals surface area contributed by atoms with Gasteiger partial charge in [-0.15, -0.1) is 0 Å². The third kappa shape index (κ3) is 4.07. The number of nitrogens with one attached hydrogen (secondary N) is 1. The lowest BCUT2D eigenvalue weighted by Gasteiger charge is -2.19. The van der Waals surface area contributed by atoms with Gasteiger partial charge in [-0.3, -0.25) is 14.5 Å². The van der Waals surface area contributed by atoms with Crippen molar-refractivity contribution in [2.45, 2.75) is 25.5 Å². The number of amides is 1. The zero-order valence-electron chi connectivity index (χ0n) is 13.2. The Labute approximate surface area is 134 Å². The number of ether oxygens (including phenoxy) is 2. The fourth-order valence-corrected chi connectivity index (χ4v) is 2.47. The number of nitrogens with zero attached hydrogens (tertiary/aromatic N) is 3. The summed E-state index contributed by atoms with van der Waals surface area (Å²) in [6.07, 6.45) is 5.25. The van der Waals surface area contributed by atoms with E-state index in [-0.39, 0.29) is 18.1 Å². The van der Waals surface area contributed by atoms with Crippen LogP contribution in [-0.4, -0.2) is 46.0 Å². The molecular weight excluding hydrogens is 296 g/mol. The van der Waals surface area contributed by atoms with E-state index in [4.69, 9.17) is 9.47 Å². The molecule has 7 nitrogen and oxygen atoms in total. The molecule has 1 aliphatic heterocycles. The first-order chi connectivity index (χ1) is 11.1. The average molecular weight is 316 g/mol. The van der Waals surface area contributed by atoms with E-state index >= 15 is 0 Å². The van der Waals surface area contributed by atoms with Crippen LogP contribution >= 0.6 is 0 Å². The van der Waals surface area contributed by atoms with E-state index < -0.39 is 0 Å². The van der Waals surface area contributed by atoms with Crippen LogP contribution < -0.4 is 10.1 Å². The van der Waals surface area contributed by atoms with Crippen molar-refractivity contribution in [3.05, 3.63) is 42.0 Å². The summed E-state index contributed by atoms with van der Waals surface area (Å²) in [4.78, 5) is 16.4. The predicted octanol–water partition coefficient (Wildman–Crippen LogP) is 0.629. The van der Waals surface area contributed by atoms with E-state index in [1.165, 1.54) is 0 Å². The van der Waals surface area contributed by atoms with Gasteiger partial charge in [0.15, 0.2) is 5.75 Å². The molecule has 2 aromatic heterocycles.